The van der Waals surface area contributed by atoms with E-state index in [-0.39, 0.29) is 0 Å². The fraction of sp³-hybridized carbons (Fsp3) is 0.385. The smallest absolute Gasteiger partial charge is 0.134 e. The van der Waals surface area contributed by atoms with Gasteiger partial charge in [-0.2, -0.15) is 0 Å². The number of furan rings is 1. The molecule has 2 N–H and O–H groups in total. The van der Waals surface area contributed by atoms with Gasteiger partial charge >= 0.3 is 0 Å². The molecule has 1 aliphatic rings. The Hall–Kier alpha value is -1.32. The van der Waals surface area contributed by atoms with Crippen LogP contribution < -0.4 is 5.73 Å². The highest BCUT2D eigenvalue weighted by Crippen LogP contribution is 2.21. The zero-order valence-electron chi connectivity index (χ0n) is 9.23. The number of benzene rings is 1. The number of hydrogen-bond donors (Lipinski definition) is 1. The Kier molecular flexibility index (Phi) is 2.42. The number of rotatable bonds is 2. The summed E-state index contributed by atoms with van der Waals surface area (Å²) < 4.78 is 5.78. The van der Waals surface area contributed by atoms with Crippen molar-refractivity contribution in [3.63, 3.8) is 0 Å². The Morgan fingerprint density at radius 3 is 3.00 bits per heavy atom. The van der Waals surface area contributed by atoms with Crippen molar-refractivity contribution in [2.45, 2.75) is 19.0 Å². The van der Waals surface area contributed by atoms with Gasteiger partial charge in [0.15, 0.2) is 0 Å². The first kappa shape index (κ1) is 9.87. The molecule has 1 aromatic carbocycles. The average molecular weight is 216 g/mol. The van der Waals surface area contributed by atoms with E-state index in [2.05, 4.69) is 17.0 Å². The van der Waals surface area contributed by atoms with Gasteiger partial charge in [-0.3, -0.25) is 4.90 Å². The largest absolute Gasteiger partial charge is 0.460 e. The summed E-state index contributed by atoms with van der Waals surface area (Å²) in [6.45, 7) is 2.94. The van der Waals surface area contributed by atoms with Gasteiger partial charge in [0.05, 0.1) is 6.54 Å². The van der Waals surface area contributed by atoms with Crippen LogP contribution in [-0.4, -0.2) is 24.0 Å². The number of fused-ring (bicyclic) bond motifs is 1. The Morgan fingerprint density at radius 1 is 1.38 bits per heavy atom. The molecular formula is C13H16N2O. The number of nitrogens with two attached hydrogens (primary N) is 1. The van der Waals surface area contributed by atoms with E-state index in [1.165, 1.54) is 5.39 Å². The van der Waals surface area contributed by atoms with Crippen molar-refractivity contribution in [1.29, 1.82) is 0 Å². The molecule has 1 aromatic heterocycles. The molecule has 1 aliphatic heterocycles. The Bertz CT molecular complexity index is 458. The molecule has 0 bridgehead atoms. The highest BCUT2D eigenvalue weighted by Gasteiger charge is 2.19. The predicted molar refractivity (Wildman–Crippen MR) is 64.1 cm³/mol. The van der Waals surface area contributed by atoms with E-state index >= 15 is 0 Å². The van der Waals surface area contributed by atoms with E-state index in [1.54, 1.807) is 0 Å². The van der Waals surface area contributed by atoms with Crippen molar-refractivity contribution in [3.8, 4) is 0 Å². The van der Waals surface area contributed by atoms with Gasteiger partial charge in [-0.25, -0.2) is 0 Å². The van der Waals surface area contributed by atoms with Gasteiger partial charge in [0.2, 0.25) is 0 Å². The van der Waals surface area contributed by atoms with Crippen LogP contribution in [0.5, 0.6) is 0 Å². The highest BCUT2D eigenvalue weighted by molar-refractivity contribution is 5.77. The Balaban J connectivity index is 1.79. The van der Waals surface area contributed by atoms with Gasteiger partial charge in [-0.15, -0.1) is 0 Å². The SMILES string of the molecule is N[C@H]1CCN(Cc2cc3ccccc3o2)C1. The summed E-state index contributed by atoms with van der Waals surface area (Å²) in [7, 11) is 0. The van der Waals surface area contributed by atoms with E-state index in [4.69, 9.17) is 10.2 Å². The van der Waals surface area contributed by atoms with Crippen LogP contribution in [-0.2, 0) is 6.54 Å². The number of para-hydroxylation sites is 1. The molecular weight excluding hydrogens is 200 g/mol. The summed E-state index contributed by atoms with van der Waals surface area (Å²) in [5.74, 6) is 1.04. The molecule has 0 amide bonds. The molecule has 2 aromatic rings. The summed E-state index contributed by atoms with van der Waals surface area (Å²) in [6.07, 6.45) is 1.10. The first-order valence-corrected chi connectivity index (χ1v) is 5.77. The van der Waals surface area contributed by atoms with Crippen molar-refractivity contribution in [1.82, 2.24) is 4.90 Å². The summed E-state index contributed by atoms with van der Waals surface area (Å²) in [5, 5.41) is 1.18. The van der Waals surface area contributed by atoms with Crippen LogP contribution in [0.1, 0.15) is 12.2 Å². The lowest BCUT2D eigenvalue weighted by atomic mass is 10.2. The molecule has 0 saturated carbocycles. The third-order valence-electron chi connectivity index (χ3n) is 3.16. The van der Waals surface area contributed by atoms with Crippen LogP contribution in [0.2, 0.25) is 0 Å². The molecule has 3 nitrogen and oxygen atoms in total. The lowest BCUT2D eigenvalue weighted by Crippen LogP contribution is -2.26. The standard InChI is InChI=1S/C13H16N2O/c14-11-5-6-15(8-11)9-12-7-10-3-1-2-4-13(10)16-12/h1-4,7,11H,5-6,8-9,14H2/t11-/m0/s1. The van der Waals surface area contributed by atoms with Crippen LogP contribution in [0.3, 0.4) is 0 Å². The Morgan fingerprint density at radius 2 is 2.25 bits per heavy atom. The van der Waals surface area contributed by atoms with Crippen molar-refractivity contribution in [3.05, 3.63) is 36.1 Å². The van der Waals surface area contributed by atoms with Crippen molar-refractivity contribution < 1.29 is 4.42 Å². The van der Waals surface area contributed by atoms with E-state index < -0.39 is 0 Å². The second-order valence-electron chi connectivity index (χ2n) is 4.53. The summed E-state index contributed by atoms with van der Waals surface area (Å²) >= 11 is 0. The molecule has 0 radical (unpaired) electrons. The number of likely N-dealkylation sites (tertiary alicyclic amines) is 1. The molecule has 1 saturated heterocycles. The maximum absolute atomic E-state index is 5.88. The van der Waals surface area contributed by atoms with Crippen LogP contribution in [0.15, 0.2) is 34.7 Å². The molecule has 0 spiro atoms. The normalized spacial score (nSPS) is 21.9. The van der Waals surface area contributed by atoms with Gasteiger partial charge < -0.3 is 10.2 Å². The molecule has 84 valence electrons. The topological polar surface area (TPSA) is 42.4 Å². The van der Waals surface area contributed by atoms with E-state index in [0.29, 0.717) is 6.04 Å². The van der Waals surface area contributed by atoms with Gasteiger partial charge in [0, 0.05) is 24.5 Å². The van der Waals surface area contributed by atoms with Crippen LogP contribution in [0.4, 0.5) is 0 Å². The number of hydrogen-bond acceptors (Lipinski definition) is 3. The van der Waals surface area contributed by atoms with E-state index in [0.717, 1.165) is 37.4 Å². The lowest BCUT2D eigenvalue weighted by Gasteiger charge is -2.12. The first-order valence-electron chi connectivity index (χ1n) is 5.77. The molecule has 3 rings (SSSR count). The summed E-state index contributed by atoms with van der Waals surface area (Å²) in [5.41, 5.74) is 6.85. The fourth-order valence-corrected chi connectivity index (χ4v) is 2.34. The molecule has 3 heteroatoms. The quantitative estimate of drug-likeness (QED) is 0.834. The van der Waals surface area contributed by atoms with E-state index in [9.17, 15) is 0 Å². The molecule has 16 heavy (non-hydrogen) atoms. The van der Waals surface area contributed by atoms with E-state index in [1.807, 2.05) is 18.2 Å². The fourth-order valence-electron chi connectivity index (χ4n) is 2.34. The zero-order valence-corrected chi connectivity index (χ0v) is 9.23. The zero-order chi connectivity index (χ0) is 11.0. The monoisotopic (exact) mass is 216 g/mol. The molecule has 1 atom stereocenters. The van der Waals surface area contributed by atoms with Crippen molar-refractivity contribution in [2.75, 3.05) is 13.1 Å². The molecule has 0 aliphatic carbocycles. The van der Waals surface area contributed by atoms with Gasteiger partial charge in [0.25, 0.3) is 0 Å². The van der Waals surface area contributed by atoms with Crippen molar-refractivity contribution in [2.24, 2.45) is 5.73 Å². The first-order chi connectivity index (χ1) is 7.81. The van der Waals surface area contributed by atoms with Gasteiger partial charge in [-0.05, 0) is 18.6 Å². The maximum atomic E-state index is 5.88. The number of nitrogens with zero attached hydrogens (tertiary/aromatic N) is 1. The average Bonchev–Trinajstić information content (AvgIpc) is 2.84. The third kappa shape index (κ3) is 1.84. The van der Waals surface area contributed by atoms with Crippen LogP contribution >= 0.6 is 0 Å². The Labute approximate surface area is 94.8 Å². The summed E-state index contributed by atoms with van der Waals surface area (Å²) in [4.78, 5) is 2.35. The second kappa shape index (κ2) is 3.92. The van der Waals surface area contributed by atoms with Crippen molar-refractivity contribution >= 4 is 11.0 Å². The molecule has 0 unspecified atom stereocenters. The third-order valence-corrected chi connectivity index (χ3v) is 3.16. The second-order valence-corrected chi connectivity index (χ2v) is 4.53. The van der Waals surface area contributed by atoms with Crippen LogP contribution in [0, 0.1) is 0 Å². The lowest BCUT2D eigenvalue weighted by molar-refractivity contribution is 0.298. The highest BCUT2D eigenvalue weighted by atomic mass is 16.3. The molecule has 2 heterocycles. The van der Waals surface area contributed by atoms with Gasteiger partial charge in [-0.1, -0.05) is 18.2 Å². The van der Waals surface area contributed by atoms with Crippen LogP contribution in [0.25, 0.3) is 11.0 Å². The molecule has 1 fully saturated rings. The maximum Gasteiger partial charge on any atom is 0.134 e. The minimum Gasteiger partial charge on any atom is -0.460 e. The van der Waals surface area contributed by atoms with Gasteiger partial charge in [0.1, 0.15) is 11.3 Å². The predicted octanol–water partition coefficient (Wildman–Crippen LogP) is 1.97. The summed E-state index contributed by atoms with van der Waals surface area (Å²) in [6, 6.07) is 10.6. The minimum absolute atomic E-state index is 0.337. The minimum atomic E-state index is 0.337.